The van der Waals surface area contributed by atoms with Crippen LogP contribution in [0.15, 0.2) is 132 Å². The highest BCUT2D eigenvalue weighted by atomic mass is 14.7. The predicted octanol–water partition coefficient (Wildman–Crippen LogP) is 13.4. The van der Waals surface area contributed by atoms with E-state index in [1.54, 1.807) is 0 Å². The fourth-order valence-electron chi connectivity index (χ4n) is 7.93. The van der Waals surface area contributed by atoms with Gasteiger partial charge >= 0.3 is 0 Å². The lowest BCUT2D eigenvalue weighted by Crippen LogP contribution is -2.13. The second-order valence-corrected chi connectivity index (χ2v) is 14.9. The molecule has 2 aliphatic rings. The molecular formula is C48H45N. The lowest BCUT2D eigenvalue weighted by Gasteiger charge is -2.27. The molecule has 6 aromatic carbocycles. The van der Waals surface area contributed by atoms with Crippen LogP contribution in [-0.4, -0.2) is 6.21 Å². The first kappa shape index (κ1) is 31.3. The van der Waals surface area contributed by atoms with Crippen LogP contribution in [0.5, 0.6) is 0 Å². The van der Waals surface area contributed by atoms with Crippen molar-refractivity contribution in [2.24, 2.45) is 4.99 Å². The molecule has 0 fully saturated rings. The summed E-state index contributed by atoms with van der Waals surface area (Å²) in [5.41, 5.74) is 14.7. The van der Waals surface area contributed by atoms with Crippen molar-refractivity contribution in [1.82, 2.24) is 0 Å². The van der Waals surface area contributed by atoms with Gasteiger partial charge in [0, 0.05) is 6.21 Å². The Bertz CT molecular complexity index is 2400. The Morgan fingerprint density at radius 1 is 0.714 bits per heavy atom. The van der Waals surface area contributed by atoms with Gasteiger partial charge in [-0.1, -0.05) is 125 Å². The van der Waals surface area contributed by atoms with E-state index < -0.39 is 0 Å². The average molecular weight is 636 g/mol. The molecule has 0 saturated heterocycles. The molecule has 1 heteroatoms. The fraction of sp³-hybridized carbons (Fsp3) is 0.229. The van der Waals surface area contributed by atoms with Gasteiger partial charge in [-0.05, 0) is 151 Å². The summed E-state index contributed by atoms with van der Waals surface area (Å²) in [6.07, 6.45) is 14.2. The summed E-state index contributed by atoms with van der Waals surface area (Å²) in [6.45, 7) is 11.5. The van der Waals surface area contributed by atoms with Crippen molar-refractivity contribution >= 4 is 44.1 Å². The fourth-order valence-corrected chi connectivity index (χ4v) is 7.93. The van der Waals surface area contributed by atoms with Gasteiger partial charge < -0.3 is 0 Å². The summed E-state index contributed by atoms with van der Waals surface area (Å²) in [4.78, 5) is 4.69. The van der Waals surface area contributed by atoms with Crippen LogP contribution in [-0.2, 0) is 18.3 Å². The van der Waals surface area contributed by atoms with E-state index in [2.05, 4.69) is 161 Å². The molecule has 1 nitrogen and oxygen atoms in total. The van der Waals surface area contributed by atoms with Crippen LogP contribution >= 0.6 is 0 Å². The molecule has 0 radical (unpaired) electrons. The van der Waals surface area contributed by atoms with Crippen molar-refractivity contribution < 1.29 is 0 Å². The maximum Gasteiger partial charge on any atom is 0.0615 e. The molecule has 0 saturated carbocycles. The molecule has 0 unspecified atom stereocenters. The van der Waals surface area contributed by atoms with E-state index in [-0.39, 0.29) is 5.41 Å². The number of aryl methyl sites for hydroxylation is 2. The van der Waals surface area contributed by atoms with Gasteiger partial charge in [-0.25, -0.2) is 0 Å². The molecule has 0 spiro atoms. The number of hydrogen-bond acceptors (Lipinski definition) is 1. The molecule has 1 aliphatic heterocycles. The topological polar surface area (TPSA) is 12.4 Å². The Balaban J connectivity index is 1.36. The van der Waals surface area contributed by atoms with Crippen LogP contribution in [0, 0.1) is 0 Å². The third-order valence-corrected chi connectivity index (χ3v) is 10.7. The Kier molecular flexibility index (Phi) is 7.95. The summed E-state index contributed by atoms with van der Waals surface area (Å²) < 4.78 is 0. The first-order valence-electron chi connectivity index (χ1n) is 18.0. The number of aliphatic imine (C=N–C) groups is 1. The van der Waals surface area contributed by atoms with Crippen molar-refractivity contribution in [3.05, 3.63) is 149 Å². The largest absolute Gasteiger partial charge is 0.261 e. The van der Waals surface area contributed by atoms with E-state index in [0.717, 1.165) is 37.8 Å². The minimum Gasteiger partial charge on any atom is -0.261 e. The van der Waals surface area contributed by atoms with E-state index >= 15 is 0 Å². The molecule has 0 bridgehead atoms. The normalized spacial score (nSPS) is 15.1. The third kappa shape index (κ3) is 5.76. The van der Waals surface area contributed by atoms with Crippen molar-refractivity contribution in [2.45, 2.75) is 72.1 Å². The standard InChI is InChI=1S/C48H45N/c1-6-32(18-17-31(2)45-16-9-10-25-49-45)43-30-44(37-15-11-14-35(27-37)36-20-19-33-12-7-8-13-34(33)26-36)42-24-22-39-29-40(48(3,4)5)28-38-21-23-41(43)47(42)46(38)39/h7-8,11-20,22,24-30H,6,9-10,21,23H2,1-5H3/b31-17+,32-18+. The lowest BCUT2D eigenvalue weighted by atomic mass is 9.77. The number of allylic oxidation sites excluding steroid dienone is 5. The van der Waals surface area contributed by atoms with Gasteiger partial charge in [-0.2, -0.15) is 0 Å². The lowest BCUT2D eigenvalue weighted by molar-refractivity contribution is 0.590. The highest BCUT2D eigenvalue weighted by molar-refractivity contribution is 6.17. The first-order valence-corrected chi connectivity index (χ1v) is 18.0. The zero-order valence-electron chi connectivity index (χ0n) is 29.5. The van der Waals surface area contributed by atoms with Gasteiger partial charge in [0.1, 0.15) is 0 Å². The summed E-state index contributed by atoms with van der Waals surface area (Å²) in [7, 11) is 0. The van der Waals surface area contributed by atoms with Crippen molar-refractivity contribution in [3.8, 4) is 22.3 Å². The van der Waals surface area contributed by atoms with Crippen LogP contribution < -0.4 is 0 Å². The average Bonchev–Trinajstić information content (AvgIpc) is 3.13. The molecule has 6 aromatic rings. The Morgan fingerprint density at radius 3 is 2.31 bits per heavy atom. The minimum atomic E-state index is 0.107. The Labute approximate surface area is 291 Å². The van der Waals surface area contributed by atoms with E-state index in [4.69, 9.17) is 0 Å². The highest BCUT2D eigenvalue weighted by Gasteiger charge is 2.25. The SMILES string of the molecule is CC/C(=C\C=C(/C)C1=CCCC=N1)c1cc(-c2cccc(-c3ccc4ccccc4c3)c2)c2ccc3cc(C(C)(C)C)cc4c3c2c1CC4. The molecular weight excluding hydrogens is 591 g/mol. The van der Waals surface area contributed by atoms with Gasteiger partial charge in [0.25, 0.3) is 0 Å². The van der Waals surface area contributed by atoms with Gasteiger partial charge in [0.05, 0.1) is 5.70 Å². The number of rotatable bonds is 6. The molecule has 0 amide bonds. The molecule has 49 heavy (non-hydrogen) atoms. The minimum absolute atomic E-state index is 0.107. The first-order chi connectivity index (χ1) is 23.8. The molecule has 0 N–H and O–H groups in total. The Hall–Kier alpha value is -5.01. The zero-order chi connectivity index (χ0) is 33.7. The number of nitrogens with zero attached hydrogens (tertiary/aromatic N) is 1. The van der Waals surface area contributed by atoms with Crippen LogP contribution in [0.2, 0.25) is 0 Å². The monoisotopic (exact) mass is 635 g/mol. The van der Waals surface area contributed by atoms with Crippen molar-refractivity contribution in [3.63, 3.8) is 0 Å². The van der Waals surface area contributed by atoms with Crippen LogP contribution in [0.3, 0.4) is 0 Å². The second kappa shape index (κ2) is 12.5. The third-order valence-electron chi connectivity index (χ3n) is 10.7. The number of hydrogen-bond donors (Lipinski definition) is 0. The maximum atomic E-state index is 4.69. The van der Waals surface area contributed by atoms with Gasteiger partial charge in [0.2, 0.25) is 0 Å². The van der Waals surface area contributed by atoms with E-state index in [1.807, 2.05) is 0 Å². The molecule has 0 atom stereocenters. The molecule has 1 aliphatic carbocycles. The van der Waals surface area contributed by atoms with Gasteiger partial charge in [0.15, 0.2) is 0 Å². The smallest absolute Gasteiger partial charge is 0.0615 e. The Morgan fingerprint density at radius 2 is 1.51 bits per heavy atom. The van der Waals surface area contributed by atoms with Crippen molar-refractivity contribution in [2.75, 3.05) is 0 Å². The van der Waals surface area contributed by atoms with Crippen LogP contribution in [0.4, 0.5) is 0 Å². The zero-order valence-corrected chi connectivity index (χ0v) is 29.5. The summed E-state index contributed by atoms with van der Waals surface area (Å²) in [5.74, 6) is 0. The van der Waals surface area contributed by atoms with Crippen LogP contribution in [0.1, 0.15) is 76.1 Å². The van der Waals surface area contributed by atoms with Crippen molar-refractivity contribution in [1.29, 1.82) is 0 Å². The number of fused-ring (bicyclic) bond motifs is 1. The van der Waals surface area contributed by atoms with Gasteiger partial charge in [-0.15, -0.1) is 0 Å². The van der Waals surface area contributed by atoms with E-state index in [1.165, 1.54) is 88.0 Å². The number of benzene rings is 6. The molecule has 0 aromatic heterocycles. The second-order valence-electron chi connectivity index (χ2n) is 14.9. The van der Waals surface area contributed by atoms with Crippen LogP contribution in [0.25, 0.3) is 60.1 Å². The molecule has 242 valence electrons. The predicted molar refractivity (Wildman–Crippen MR) is 214 cm³/mol. The summed E-state index contributed by atoms with van der Waals surface area (Å²) in [5, 5.41) is 8.16. The van der Waals surface area contributed by atoms with E-state index in [0.29, 0.717) is 0 Å². The molecule has 1 heterocycles. The highest BCUT2D eigenvalue weighted by Crippen LogP contribution is 2.45. The summed E-state index contributed by atoms with van der Waals surface area (Å²) >= 11 is 0. The van der Waals surface area contributed by atoms with Gasteiger partial charge in [-0.3, -0.25) is 4.99 Å². The quantitative estimate of drug-likeness (QED) is 0.128. The summed E-state index contributed by atoms with van der Waals surface area (Å²) in [6, 6.07) is 36.9. The maximum absolute atomic E-state index is 4.69. The molecule has 8 rings (SSSR count). The van der Waals surface area contributed by atoms with E-state index in [9.17, 15) is 0 Å².